The molecule has 0 heterocycles. The standard InChI is InChI=1S/C30H36O8S/c1-17-3-6-20(7-4-17)39(35,36)38-16-18-13-24-22(21-8-5-19(31)14-23(18)21)9-10-29(2)27(24)25-15-26(25)30(29,34)11-12-37-28(32)33/h3-4,6-7,11-12,14,18,21-22,24-27,34H,5,8-10,13,15-16H2,1-2H3,(H,32,33)/b12-11-/t18-,21+,22+,24+,25+,26-,27+,29-,30-/m0/s1. The highest BCUT2D eigenvalue weighted by Gasteiger charge is 2.75. The van der Waals surface area contributed by atoms with Gasteiger partial charge in [-0.25, -0.2) is 4.79 Å². The molecule has 6 rings (SSSR count). The number of hydrogen-bond donors (Lipinski definition) is 2. The van der Waals surface area contributed by atoms with Crippen LogP contribution < -0.4 is 0 Å². The maximum absolute atomic E-state index is 13.0. The summed E-state index contributed by atoms with van der Waals surface area (Å²) in [5.74, 6) is 1.34. The van der Waals surface area contributed by atoms with E-state index in [0.717, 1.165) is 43.1 Å². The van der Waals surface area contributed by atoms with E-state index in [1.807, 2.05) is 6.92 Å². The fourth-order valence-electron chi connectivity index (χ4n) is 9.00. The van der Waals surface area contributed by atoms with Crippen LogP contribution in [-0.2, 0) is 23.8 Å². The van der Waals surface area contributed by atoms with Crippen LogP contribution in [-0.4, -0.2) is 42.8 Å². The maximum Gasteiger partial charge on any atom is 0.510 e. The minimum atomic E-state index is -3.95. The summed E-state index contributed by atoms with van der Waals surface area (Å²) in [6, 6.07) is 6.58. The van der Waals surface area contributed by atoms with Crippen LogP contribution in [0, 0.1) is 53.8 Å². The van der Waals surface area contributed by atoms with Crippen molar-refractivity contribution in [3.05, 3.63) is 53.8 Å². The molecule has 5 aliphatic carbocycles. The van der Waals surface area contributed by atoms with Gasteiger partial charge in [0.25, 0.3) is 10.1 Å². The van der Waals surface area contributed by atoms with E-state index in [0.29, 0.717) is 24.7 Å². The summed E-state index contributed by atoms with van der Waals surface area (Å²) in [4.78, 5) is 23.5. The number of aliphatic hydroxyl groups is 1. The van der Waals surface area contributed by atoms with Crippen molar-refractivity contribution in [3.8, 4) is 0 Å². The van der Waals surface area contributed by atoms with Gasteiger partial charge >= 0.3 is 6.16 Å². The molecule has 0 radical (unpaired) electrons. The zero-order chi connectivity index (χ0) is 27.7. The monoisotopic (exact) mass is 556 g/mol. The van der Waals surface area contributed by atoms with Crippen molar-refractivity contribution in [2.45, 2.75) is 62.9 Å². The van der Waals surface area contributed by atoms with Gasteiger partial charge in [-0.2, -0.15) is 8.42 Å². The Morgan fingerprint density at radius 3 is 2.59 bits per heavy atom. The third kappa shape index (κ3) is 4.28. The Hall–Kier alpha value is -2.49. The highest BCUT2D eigenvalue weighted by molar-refractivity contribution is 7.86. The van der Waals surface area contributed by atoms with Gasteiger partial charge in [-0.05, 0) is 98.8 Å². The van der Waals surface area contributed by atoms with E-state index in [4.69, 9.17) is 9.29 Å². The molecule has 1 aromatic rings. The van der Waals surface area contributed by atoms with Gasteiger partial charge in [-0.15, -0.1) is 0 Å². The van der Waals surface area contributed by atoms with Crippen LogP contribution in [0.25, 0.3) is 0 Å². The zero-order valence-electron chi connectivity index (χ0n) is 22.3. The first kappa shape index (κ1) is 26.7. The van der Waals surface area contributed by atoms with Crippen molar-refractivity contribution >= 4 is 22.1 Å². The van der Waals surface area contributed by atoms with Crippen molar-refractivity contribution in [1.82, 2.24) is 0 Å². The van der Waals surface area contributed by atoms with E-state index in [1.165, 1.54) is 0 Å². The zero-order valence-corrected chi connectivity index (χ0v) is 23.1. The number of rotatable bonds is 6. The summed E-state index contributed by atoms with van der Waals surface area (Å²) in [5, 5.41) is 20.8. The molecule has 0 spiro atoms. The molecular formula is C30H36O8S. The Balaban J connectivity index is 1.29. The summed E-state index contributed by atoms with van der Waals surface area (Å²) in [7, 11) is -3.95. The number of ketones is 1. The topological polar surface area (TPSA) is 127 Å². The Morgan fingerprint density at radius 2 is 1.87 bits per heavy atom. The Labute approximate surface area is 229 Å². The molecule has 0 aromatic heterocycles. The number of fused-ring (bicyclic) bond motifs is 7. The van der Waals surface area contributed by atoms with Gasteiger partial charge in [0.15, 0.2) is 5.78 Å². The van der Waals surface area contributed by atoms with Gasteiger partial charge in [0, 0.05) is 17.8 Å². The van der Waals surface area contributed by atoms with Crippen LogP contribution in [0.2, 0.25) is 0 Å². The van der Waals surface area contributed by atoms with Gasteiger partial charge in [0.05, 0.1) is 23.4 Å². The number of ether oxygens (including phenoxy) is 1. The summed E-state index contributed by atoms with van der Waals surface area (Å²) in [6.45, 7) is 4.00. The molecule has 2 N–H and O–H groups in total. The quantitative estimate of drug-likeness (QED) is 0.289. The van der Waals surface area contributed by atoms with E-state index in [2.05, 4.69) is 11.7 Å². The fraction of sp³-hybridized carbons (Fsp3) is 0.600. The second kappa shape index (κ2) is 9.28. The maximum atomic E-state index is 13.0. The SMILES string of the molecule is Cc1ccc(S(=O)(=O)OC[C@@H]2C[C@@H]3[C@H](CC[C@@]4(C)[C@H]3[C@@H]3C[C@@H]3[C@@]4(O)/C=C\OC(=O)O)[C@H]3CCC(=O)C=C23)cc1. The van der Waals surface area contributed by atoms with E-state index in [9.17, 15) is 23.1 Å². The summed E-state index contributed by atoms with van der Waals surface area (Å²) in [5.41, 5.74) is 0.402. The Bertz CT molecular complexity index is 1350. The second-order valence-electron chi connectivity index (χ2n) is 12.6. The smallest absolute Gasteiger partial charge is 0.449 e. The molecule has 8 nitrogen and oxygen atoms in total. The lowest BCUT2D eigenvalue weighted by molar-refractivity contribution is -0.122. The molecular weight excluding hydrogens is 520 g/mol. The minimum Gasteiger partial charge on any atom is -0.449 e. The minimum absolute atomic E-state index is 0.0107. The number of aryl methyl sites for hydroxylation is 1. The third-order valence-corrected chi connectivity index (χ3v) is 12.0. The van der Waals surface area contributed by atoms with Crippen LogP contribution in [0.1, 0.15) is 51.0 Å². The Kier molecular flexibility index (Phi) is 6.36. The number of benzene rings is 1. The van der Waals surface area contributed by atoms with Crippen LogP contribution in [0.3, 0.4) is 0 Å². The highest BCUT2D eigenvalue weighted by atomic mass is 32.2. The molecule has 9 atom stereocenters. The largest absolute Gasteiger partial charge is 0.510 e. The molecule has 0 bridgehead atoms. The first-order valence-corrected chi connectivity index (χ1v) is 15.4. The van der Waals surface area contributed by atoms with Crippen molar-refractivity contribution in [2.24, 2.45) is 46.8 Å². The summed E-state index contributed by atoms with van der Waals surface area (Å²) < 4.78 is 36.3. The average Bonchev–Trinajstić information content (AvgIpc) is 3.64. The number of carbonyl (C=O) groups is 2. The normalized spacial score (nSPS) is 40.7. The summed E-state index contributed by atoms with van der Waals surface area (Å²) in [6.07, 6.45) is 7.56. The molecule has 0 unspecified atom stereocenters. The molecule has 39 heavy (non-hydrogen) atoms. The molecule has 4 fully saturated rings. The lowest BCUT2D eigenvalue weighted by atomic mass is 9.48. The fourth-order valence-corrected chi connectivity index (χ4v) is 9.95. The predicted octanol–water partition coefficient (Wildman–Crippen LogP) is 4.86. The molecule has 5 aliphatic rings. The van der Waals surface area contributed by atoms with Crippen LogP contribution >= 0.6 is 0 Å². The third-order valence-electron chi connectivity index (χ3n) is 10.8. The lowest BCUT2D eigenvalue weighted by Crippen LogP contribution is -2.55. The summed E-state index contributed by atoms with van der Waals surface area (Å²) >= 11 is 0. The first-order chi connectivity index (χ1) is 18.4. The van der Waals surface area contributed by atoms with E-state index >= 15 is 0 Å². The van der Waals surface area contributed by atoms with Gasteiger partial charge in [0.1, 0.15) is 0 Å². The Morgan fingerprint density at radius 1 is 1.13 bits per heavy atom. The molecule has 1 aromatic carbocycles. The van der Waals surface area contributed by atoms with Crippen molar-refractivity contribution in [3.63, 3.8) is 0 Å². The predicted molar refractivity (Wildman–Crippen MR) is 141 cm³/mol. The van der Waals surface area contributed by atoms with Crippen molar-refractivity contribution in [1.29, 1.82) is 0 Å². The number of carbonyl (C=O) groups excluding carboxylic acids is 1. The van der Waals surface area contributed by atoms with Crippen LogP contribution in [0.4, 0.5) is 4.79 Å². The average molecular weight is 557 g/mol. The van der Waals surface area contributed by atoms with E-state index in [-0.39, 0.29) is 46.9 Å². The van der Waals surface area contributed by atoms with Gasteiger partial charge in [0.2, 0.25) is 0 Å². The van der Waals surface area contributed by atoms with Crippen LogP contribution in [0.5, 0.6) is 0 Å². The number of hydrogen-bond acceptors (Lipinski definition) is 7. The van der Waals surface area contributed by atoms with Crippen LogP contribution in [0.15, 0.2) is 53.1 Å². The first-order valence-electron chi connectivity index (χ1n) is 13.9. The second-order valence-corrected chi connectivity index (χ2v) is 14.2. The molecule has 210 valence electrons. The molecule has 0 saturated heterocycles. The van der Waals surface area contributed by atoms with Gasteiger partial charge in [-0.3, -0.25) is 8.98 Å². The molecule has 0 aliphatic heterocycles. The molecule has 9 heteroatoms. The van der Waals surface area contributed by atoms with Crippen molar-refractivity contribution in [2.75, 3.05) is 6.61 Å². The molecule has 0 amide bonds. The van der Waals surface area contributed by atoms with Gasteiger partial charge in [-0.1, -0.05) is 30.2 Å². The van der Waals surface area contributed by atoms with E-state index in [1.54, 1.807) is 36.4 Å². The lowest BCUT2D eigenvalue weighted by Gasteiger charge is -2.58. The van der Waals surface area contributed by atoms with E-state index < -0.39 is 27.3 Å². The molecule has 4 saturated carbocycles. The van der Waals surface area contributed by atoms with Crippen molar-refractivity contribution < 1.29 is 37.1 Å². The number of carboxylic acid groups (broad SMARTS) is 1. The highest BCUT2D eigenvalue weighted by Crippen LogP contribution is 2.76. The van der Waals surface area contributed by atoms with Gasteiger partial charge < -0.3 is 14.9 Å².